The molecule has 0 radical (unpaired) electrons. The molecule has 0 saturated carbocycles. The summed E-state index contributed by atoms with van der Waals surface area (Å²) >= 11 is 0. The van der Waals surface area contributed by atoms with E-state index in [0.717, 1.165) is 96.3 Å². The van der Waals surface area contributed by atoms with E-state index in [0.29, 0.717) is 17.4 Å². The SMILES string of the molecule is CC/C=C\C/C=C\C/C=C\C/C=C\C/C=C\C/C=C\C/C=C\C/C=C\CCCCCCCCCCCCC(=O)NC(COP(=O)([O-])OCC[N+](C)(C)C)C(O)/C=C/CCCCCCCCCCCCCCCCCC. The van der Waals surface area contributed by atoms with Crippen molar-refractivity contribution in [3.63, 3.8) is 0 Å². The summed E-state index contributed by atoms with van der Waals surface area (Å²) in [6.45, 7) is 4.54. The molecule has 0 heterocycles. The molecule has 0 aliphatic rings. The summed E-state index contributed by atoms with van der Waals surface area (Å²) in [6, 6.07) is -0.896. The molecule has 432 valence electrons. The van der Waals surface area contributed by atoms with Crippen LogP contribution in [0, 0.1) is 0 Å². The first-order chi connectivity index (χ1) is 36.5. The number of hydrogen-bond donors (Lipinski definition) is 2. The summed E-state index contributed by atoms with van der Waals surface area (Å²) < 4.78 is 23.4. The fourth-order valence-corrected chi connectivity index (χ4v) is 9.19. The number of aliphatic hydroxyl groups is 1. The highest BCUT2D eigenvalue weighted by molar-refractivity contribution is 7.45. The summed E-state index contributed by atoms with van der Waals surface area (Å²) in [6.07, 6.45) is 81.7. The van der Waals surface area contributed by atoms with E-state index in [-0.39, 0.29) is 19.1 Å². The average Bonchev–Trinajstić information content (AvgIpc) is 3.37. The number of amides is 1. The number of phosphoric acid groups is 1. The number of hydrogen-bond acceptors (Lipinski definition) is 6. The largest absolute Gasteiger partial charge is 0.756 e. The second-order valence-corrected chi connectivity index (χ2v) is 23.1. The highest BCUT2D eigenvalue weighted by atomic mass is 31.2. The van der Waals surface area contributed by atoms with Crippen LogP contribution in [-0.4, -0.2) is 68.5 Å². The molecule has 0 aromatic carbocycles. The molecule has 0 spiro atoms. The van der Waals surface area contributed by atoms with Gasteiger partial charge in [-0.05, 0) is 83.5 Å². The van der Waals surface area contributed by atoms with Crippen LogP contribution in [0.5, 0.6) is 0 Å². The first-order valence-electron chi connectivity index (χ1n) is 30.7. The number of carbonyl (C=O) groups excluding carboxylic acids is 1. The summed E-state index contributed by atoms with van der Waals surface area (Å²) in [7, 11) is 1.25. The highest BCUT2D eigenvalue weighted by Crippen LogP contribution is 2.38. The Balaban J connectivity index is 4.16. The number of allylic oxidation sites excluding steroid dienone is 17. The summed E-state index contributed by atoms with van der Waals surface area (Å²) in [5, 5.41) is 13.9. The van der Waals surface area contributed by atoms with Crippen molar-refractivity contribution in [3.8, 4) is 0 Å². The van der Waals surface area contributed by atoms with Gasteiger partial charge < -0.3 is 28.8 Å². The minimum absolute atomic E-state index is 0.00627. The average molecular weight is 1070 g/mol. The zero-order valence-corrected chi connectivity index (χ0v) is 50.1. The number of nitrogens with one attached hydrogen (secondary N) is 1. The smallest absolute Gasteiger partial charge is 0.268 e. The quantitative estimate of drug-likeness (QED) is 0.0272. The van der Waals surface area contributed by atoms with Gasteiger partial charge >= 0.3 is 0 Å². The standard InChI is InChI=1S/C66H117N2O6P/c1-6-8-10-12-14-16-18-20-22-24-26-27-28-29-30-31-32-33-34-35-36-37-38-39-40-41-42-44-46-48-50-52-54-56-58-60-66(70)67-64(63-74-75(71,72)73-62-61-68(3,4)5)65(69)59-57-55-53-51-49-47-45-43-25-23-21-19-17-15-13-11-9-7-2/h8,10,14,16,20,22,26-27,29-30,32-33,35-36,38-39,57,59,64-65,69H,6-7,9,11-13,15,17-19,21,23-25,28,31,34,37,40-56,58,60-63H2,1-5H3,(H-,67,70,71,72)/b10-8-,16-14-,22-20-,27-26-,30-29-,33-32-,36-35-,39-38-,59-57+. The van der Waals surface area contributed by atoms with Gasteiger partial charge in [-0.25, -0.2) is 0 Å². The van der Waals surface area contributed by atoms with Crippen molar-refractivity contribution in [1.82, 2.24) is 5.32 Å². The van der Waals surface area contributed by atoms with E-state index in [1.54, 1.807) is 6.08 Å². The Morgan fingerprint density at radius 3 is 1.19 bits per heavy atom. The van der Waals surface area contributed by atoms with E-state index in [4.69, 9.17) is 9.05 Å². The lowest BCUT2D eigenvalue weighted by atomic mass is 10.0. The van der Waals surface area contributed by atoms with Crippen LogP contribution in [0.3, 0.4) is 0 Å². The Bertz CT molecular complexity index is 1590. The van der Waals surface area contributed by atoms with Gasteiger partial charge in [-0.1, -0.05) is 271 Å². The van der Waals surface area contributed by atoms with Crippen molar-refractivity contribution in [2.24, 2.45) is 0 Å². The Kier molecular flexibility index (Phi) is 53.8. The predicted molar refractivity (Wildman–Crippen MR) is 325 cm³/mol. The van der Waals surface area contributed by atoms with Crippen molar-refractivity contribution in [2.45, 2.75) is 264 Å². The second-order valence-electron chi connectivity index (χ2n) is 21.7. The molecular weight excluding hydrogens is 948 g/mol. The Hall–Kier alpha value is -2.84. The zero-order valence-electron chi connectivity index (χ0n) is 49.2. The van der Waals surface area contributed by atoms with Gasteiger partial charge in [0.05, 0.1) is 39.9 Å². The van der Waals surface area contributed by atoms with Crippen LogP contribution in [0.2, 0.25) is 0 Å². The minimum atomic E-state index is -4.61. The van der Waals surface area contributed by atoms with Gasteiger partial charge in [0.15, 0.2) is 0 Å². The van der Waals surface area contributed by atoms with Gasteiger partial charge in [-0.3, -0.25) is 9.36 Å². The lowest BCUT2D eigenvalue weighted by Crippen LogP contribution is -2.45. The molecule has 0 fully saturated rings. The number of rotatable bonds is 55. The molecule has 0 rings (SSSR count). The van der Waals surface area contributed by atoms with Crippen LogP contribution in [0.15, 0.2) is 109 Å². The lowest BCUT2D eigenvalue weighted by Gasteiger charge is -2.29. The van der Waals surface area contributed by atoms with Crippen molar-refractivity contribution in [2.75, 3.05) is 40.9 Å². The molecule has 2 N–H and O–H groups in total. The number of likely N-dealkylation sites (N-methyl/N-ethyl adjacent to an activating group) is 1. The van der Waals surface area contributed by atoms with Crippen LogP contribution in [-0.2, 0) is 18.4 Å². The first-order valence-corrected chi connectivity index (χ1v) is 32.2. The molecule has 0 aromatic rings. The highest BCUT2D eigenvalue weighted by Gasteiger charge is 2.23. The van der Waals surface area contributed by atoms with E-state index in [1.807, 2.05) is 27.2 Å². The fourth-order valence-electron chi connectivity index (χ4n) is 8.46. The third-order valence-electron chi connectivity index (χ3n) is 13.2. The topological polar surface area (TPSA) is 108 Å². The van der Waals surface area contributed by atoms with E-state index < -0.39 is 20.0 Å². The van der Waals surface area contributed by atoms with Crippen LogP contribution in [0.25, 0.3) is 0 Å². The maximum absolute atomic E-state index is 13.0. The van der Waals surface area contributed by atoms with Crippen LogP contribution in [0.4, 0.5) is 0 Å². The molecule has 0 bridgehead atoms. The summed E-state index contributed by atoms with van der Waals surface area (Å²) in [5.74, 6) is -0.205. The van der Waals surface area contributed by atoms with Crippen LogP contribution in [0.1, 0.15) is 251 Å². The molecule has 0 aromatic heterocycles. The Labute approximate surface area is 463 Å². The van der Waals surface area contributed by atoms with Gasteiger partial charge in [0.2, 0.25) is 5.91 Å². The molecule has 8 nitrogen and oxygen atoms in total. The van der Waals surface area contributed by atoms with Crippen molar-refractivity contribution in [1.29, 1.82) is 0 Å². The normalized spacial score (nSPS) is 14.6. The molecular formula is C66H117N2O6P. The Morgan fingerprint density at radius 1 is 0.480 bits per heavy atom. The van der Waals surface area contributed by atoms with Gasteiger partial charge in [-0.2, -0.15) is 0 Å². The fraction of sp³-hybridized carbons (Fsp3) is 0.712. The van der Waals surface area contributed by atoms with Gasteiger partial charge in [0.25, 0.3) is 7.82 Å². The molecule has 0 saturated heterocycles. The number of nitrogens with zero attached hydrogens (tertiary/aromatic N) is 1. The van der Waals surface area contributed by atoms with E-state index in [2.05, 4.69) is 116 Å². The molecule has 3 atom stereocenters. The molecule has 9 heteroatoms. The van der Waals surface area contributed by atoms with Gasteiger partial charge in [-0.15, -0.1) is 0 Å². The number of unbranched alkanes of at least 4 members (excludes halogenated alkanes) is 26. The molecule has 3 unspecified atom stereocenters. The third-order valence-corrected chi connectivity index (χ3v) is 14.2. The van der Waals surface area contributed by atoms with Crippen LogP contribution < -0.4 is 10.2 Å². The maximum Gasteiger partial charge on any atom is 0.268 e. The van der Waals surface area contributed by atoms with E-state index in [9.17, 15) is 19.4 Å². The van der Waals surface area contributed by atoms with Gasteiger partial charge in [0.1, 0.15) is 13.2 Å². The van der Waals surface area contributed by atoms with Crippen LogP contribution >= 0.6 is 7.82 Å². The zero-order chi connectivity index (χ0) is 54.9. The molecule has 75 heavy (non-hydrogen) atoms. The third kappa shape index (κ3) is 58.7. The number of phosphoric ester groups is 1. The maximum atomic E-state index is 13.0. The summed E-state index contributed by atoms with van der Waals surface area (Å²) in [4.78, 5) is 25.5. The first kappa shape index (κ1) is 72.2. The summed E-state index contributed by atoms with van der Waals surface area (Å²) in [5.41, 5.74) is 0. The van der Waals surface area contributed by atoms with E-state index in [1.165, 1.54) is 135 Å². The number of carbonyl (C=O) groups is 1. The van der Waals surface area contributed by atoms with Crippen molar-refractivity contribution in [3.05, 3.63) is 109 Å². The Morgan fingerprint density at radius 2 is 0.813 bits per heavy atom. The van der Waals surface area contributed by atoms with Crippen molar-refractivity contribution < 1.29 is 32.9 Å². The number of quaternary nitrogens is 1. The van der Waals surface area contributed by atoms with Crippen molar-refractivity contribution >= 4 is 13.7 Å². The lowest BCUT2D eigenvalue weighted by molar-refractivity contribution is -0.870. The predicted octanol–water partition coefficient (Wildman–Crippen LogP) is 18.5. The number of aliphatic hydroxyl groups excluding tert-OH is 1. The minimum Gasteiger partial charge on any atom is -0.756 e. The molecule has 1 amide bonds. The van der Waals surface area contributed by atoms with E-state index >= 15 is 0 Å². The van der Waals surface area contributed by atoms with Gasteiger partial charge in [0, 0.05) is 6.42 Å². The second kappa shape index (κ2) is 55.9. The molecule has 0 aliphatic carbocycles. The molecule has 0 aliphatic heterocycles. The monoisotopic (exact) mass is 1060 g/mol.